The third-order valence-corrected chi connectivity index (χ3v) is 4.46. The van der Waals surface area contributed by atoms with Crippen LogP contribution >= 0.6 is 0 Å². The number of nitrogens with one attached hydrogen (secondary N) is 1. The van der Waals surface area contributed by atoms with Crippen molar-refractivity contribution in [3.8, 4) is 0 Å². The zero-order chi connectivity index (χ0) is 22.4. The molecular weight excluding hydrogens is 390 g/mol. The molecule has 0 fully saturated rings. The van der Waals surface area contributed by atoms with Gasteiger partial charge < -0.3 is 24.7 Å². The number of carbonyl (C=O) groups is 4. The van der Waals surface area contributed by atoms with Crippen LogP contribution in [0.15, 0.2) is 30.3 Å². The molecule has 1 rings (SSSR count). The molecule has 8 heteroatoms. The molecule has 0 spiro atoms. The van der Waals surface area contributed by atoms with Crippen molar-refractivity contribution in [3.05, 3.63) is 35.9 Å². The molecule has 0 aliphatic heterocycles. The Hall–Kier alpha value is -2.58. The van der Waals surface area contributed by atoms with Crippen LogP contribution in [0.1, 0.15) is 38.2 Å². The van der Waals surface area contributed by atoms with Crippen LogP contribution in [0.2, 0.25) is 0 Å². The Balaban J connectivity index is 2.71. The fraction of sp³-hybridized carbons (Fsp3) is 0.545. The highest BCUT2D eigenvalue weighted by Crippen LogP contribution is 2.14. The van der Waals surface area contributed by atoms with Gasteiger partial charge in [0.25, 0.3) is 0 Å². The number of carboxylic acids is 1. The number of benzene rings is 1. The average molecular weight is 421 g/mol. The highest BCUT2D eigenvalue weighted by molar-refractivity contribution is 5.93. The molecule has 166 valence electrons. The Morgan fingerprint density at radius 2 is 1.73 bits per heavy atom. The van der Waals surface area contributed by atoms with E-state index in [1.165, 1.54) is 6.92 Å². The predicted octanol–water partition coefficient (Wildman–Crippen LogP) is 1.80. The van der Waals surface area contributed by atoms with E-state index in [9.17, 15) is 19.2 Å². The van der Waals surface area contributed by atoms with Crippen LogP contribution < -0.4 is 5.32 Å². The lowest BCUT2D eigenvalue weighted by Crippen LogP contribution is -2.45. The Morgan fingerprint density at radius 1 is 1.03 bits per heavy atom. The Morgan fingerprint density at radius 3 is 2.33 bits per heavy atom. The third kappa shape index (κ3) is 10.8. The molecule has 0 radical (unpaired) electrons. The first-order valence-corrected chi connectivity index (χ1v) is 9.98. The topological polar surface area (TPSA) is 119 Å². The number of aliphatic carboxylic acids is 1. The summed E-state index contributed by atoms with van der Waals surface area (Å²) in [6.45, 7) is 2.59. The molecule has 0 aromatic heterocycles. The zero-order valence-electron chi connectivity index (χ0n) is 17.6. The zero-order valence-corrected chi connectivity index (χ0v) is 17.6. The summed E-state index contributed by atoms with van der Waals surface area (Å²) in [6.07, 6.45) is 0.333. The lowest BCUT2D eigenvalue weighted by atomic mass is 9.93. The van der Waals surface area contributed by atoms with Gasteiger partial charge in [-0.25, -0.2) is 0 Å². The van der Waals surface area contributed by atoms with Crippen molar-refractivity contribution in [3.63, 3.8) is 0 Å². The summed E-state index contributed by atoms with van der Waals surface area (Å²) in [6, 6.07) is 8.09. The summed E-state index contributed by atoms with van der Waals surface area (Å²) >= 11 is 0. The van der Waals surface area contributed by atoms with Gasteiger partial charge in [0.1, 0.15) is 5.78 Å². The summed E-state index contributed by atoms with van der Waals surface area (Å²) in [4.78, 5) is 48.1. The molecule has 0 saturated carbocycles. The van der Waals surface area contributed by atoms with Gasteiger partial charge in [0.15, 0.2) is 5.78 Å². The van der Waals surface area contributed by atoms with E-state index in [2.05, 4.69) is 5.32 Å². The molecular formula is C22H31NO7. The minimum Gasteiger partial charge on any atom is -0.481 e. The van der Waals surface area contributed by atoms with E-state index in [1.807, 2.05) is 30.3 Å². The summed E-state index contributed by atoms with van der Waals surface area (Å²) < 4.78 is 10.2. The van der Waals surface area contributed by atoms with Crippen molar-refractivity contribution in [2.75, 3.05) is 26.9 Å². The number of hydrogen-bond donors (Lipinski definition) is 2. The van der Waals surface area contributed by atoms with Crippen molar-refractivity contribution in [1.29, 1.82) is 0 Å². The van der Waals surface area contributed by atoms with Crippen molar-refractivity contribution >= 4 is 23.4 Å². The molecule has 0 heterocycles. The molecule has 0 unspecified atom stereocenters. The largest absolute Gasteiger partial charge is 0.481 e. The molecule has 1 amide bonds. The maximum atomic E-state index is 12.8. The summed E-state index contributed by atoms with van der Waals surface area (Å²) in [5, 5.41) is 11.7. The van der Waals surface area contributed by atoms with E-state index in [1.54, 1.807) is 7.11 Å². The van der Waals surface area contributed by atoms with Crippen LogP contribution in [0.5, 0.6) is 0 Å². The second kappa shape index (κ2) is 14.4. The second-order valence-corrected chi connectivity index (χ2v) is 7.13. The minimum absolute atomic E-state index is 0.0159. The van der Waals surface area contributed by atoms with Gasteiger partial charge in [0.05, 0.1) is 25.7 Å². The summed E-state index contributed by atoms with van der Waals surface area (Å²) in [7, 11) is 1.56. The van der Waals surface area contributed by atoms with Crippen LogP contribution in [0, 0.1) is 5.92 Å². The molecule has 2 atom stereocenters. The number of ketones is 2. The Bertz CT molecular complexity index is 690. The number of methoxy groups -OCH3 is 1. The SMILES string of the molecule is COCCOCCCC(=O)[C@H](CC(=O)O)NC(=O)[C@@H](CC(C)=O)Cc1ccccc1. The Kier molecular flexibility index (Phi) is 12.2. The lowest BCUT2D eigenvalue weighted by molar-refractivity contribution is -0.140. The van der Waals surface area contributed by atoms with E-state index >= 15 is 0 Å². The number of amides is 1. The van der Waals surface area contributed by atoms with Gasteiger partial charge in [-0.15, -0.1) is 0 Å². The number of ether oxygens (including phenoxy) is 2. The lowest BCUT2D eigenvalue weighted by Gasteiger charge is -2.21. The standard InChI is InChI=1S/C22H31NO7/c1-16(24)13-18(14-17-7-4-3-5-8-17)22(28)23-19(15-21(26)27)20(25)9-6-10-30-12-11-29-2/h3-5,7-8,18-19H,6,9-15H2,1-2H3,(H,23,28)(H,26,27)/t18-,19-/m0/s1. The van der Waals surface area contributed by atoms with Gasteiger partial charge >= 0.3 is 5.97 Å². The molecule has 30 heavy (non-hydrogen) atoms. The number of carbonyl (C=O) groups excluding carboxylic acids is 3. The fourth-order valence-electron chi connectivity index (χ4n) is 2.98. The first-order chi connectivity index (χ1) is 14.3. The first kappa shape index (κ1) is 25.5. The molecule has 1 aromatic rings. The van der Waals surface area contributed by atoms with Crippen LogP contribution in [0.4, 0.5) is 0 Å². The van der Waals surface area contributed by atoms with Gasteiger partial charge in [-0.2, -0.15) is 0 Å². The normalized spacial score (nSPS) is 12.7. The quantitative estimate of drug-likeness (QED) is 0.391. The van der Waals surface area contributed by atoms with Gasteiger partial charge in [0, 0.05) is 32.5 Å². The van der Waals surface area contributed by atoms with E-state index in [0.29, 0.717) is 32.7 Å². The molecule has 0 aliphatic rings. The highest BCUT2D eigenvalue weighted by atomic mass is 16.5. The number of carboxylic acid groups (broad SMARTS) is 1. The van der Waals surface area contributed by atoms with Gasteiger partial charge in [-0.05, 0) is 25.3 Å². The van der Waals surface area contributed by atoms with E-state index in [0.717, 1.165) is 5.56 Å². The van der Waals surface area contributed by atoms with Gasteiger partial charge in [-0.3, -0.25) is 14.4 Å². The smallest absolute Gasteiger partial charge is 0.305 e. The average Bonchev–Trinajstić information content (AvgIpc) is 2.69. The van der Waals surface area contributed by atoms with Gasteiger partial charge in [-0.1, -0.05) is 30.3 Å². The number of hydrogen-bond acceptors (Lipinski definition) is 6. The molecule has 1 aromatic carbocycles. The first-order valence-electron chi connectivity index (χ1n) is 9.98. The molecule has 0 bridgehead atoms. The van der Waals surface area contributed by atoms with Crippen LogP contribution in [0.3, 0.4) is 0 Å². The Labute approximate surface area is 176 Å². The molecule has 0 aliphatic carbocycles. The molecule has 8 nitrogen and oxygen atoms in total. The molecule has 2 N–H and O–H groups in total. The maximum absolute atomic E-state index is 12.8. The number of rotatable bonds is 16. The second-order valence-electron chi connectivity index (χ2n) is 7.13. The van der Waals surface area contributed by atoms with Crippen molar-refractivity contribution < 1.29 is 33.8 Å². The van der Waals surface area contributed by atoms with Crippen molar-refractivity contribution in [2.24, 2.45) is 5.92 Å². The summed E-state index contributed by atoms with van der Waals surface area (Å²) in [5.41, 5.74) is 0.883. The fourth-order valence-corrected chi connectivity index (χ4v) is 2.98. The van der Waals surface area contributed by atoms with E-state index in [4.69, 9.17) is 14.6 Å². The van der Waals surface area contributed by atoms with E-state index in [-0.39, 0.29) is 24.4 Å². The van der Waals surface area contributed by atoms with Crippen LogP contribution in [-0.4, -0.2) is 61.5 Å². The van der Waals surface area contributed by atoms with Crippen LogP contribution in [0.25, 0.3) is 0 Å². The van der Waals surface area contributed by atoms with E-state index < -0.39 is 30.3 Å². The third-order valence-electron chi connectivity index (χ3n) is 4.46. The predicted molar refractivity (Wildman–Crippen MR) is 110 cm³/mol. The van der Waals surface area contributed by atoms with Crippen LogP contribution in [-0.2, 0) is 35.1 Å². The maximum Gasteiger partial charge on any atom is 0.305 e. The highest BCUT2D eigenvalue weighted by Gasteiger charge is 2.28. The minimum atomic E-state index is -1.18. The summed E-state index contributed by atoms with van der Waals surface area (Å²) in [5.74, 6) is -2.88. The molecule has 0 saturated heterocycles. The monoisotopic (exact) mass is 421 g/mol. The number of Topliss-reactive ketones (excluding diaryl/α,β-unsaturated/α-hetero) is 2. The van der Waals surface area contributed by atoms with Crippen molar-refractivity contribution in [1.82, 2.24) is 5.32 Å². The van der Waals surface area contributed by atoms with Gasteiger partial charge in [0.2, 0.25) is 5.91 Å². The van der Waals surface area contributed by atoms with Crippen molar-refractivity contribution in [2.45, 2.75) is 45.1 Å².